The Morgan fingerprint density at radius 1 is 1.14 bits per heavy atom. The van der Waals surface area contributed by atoms with Gasteiger partial charge in [0.15, 0.2) is 0 Å². The maximum atomic E-state index is 12.3. The summed E-state index contributed by atoms with van der Waals surface area (Å²) in [6.45, 7) is 0.456. The molecule has 0 atom stereocenters. The van der Waals surface area contributed by atoms with Gasteiger partial charge in [-0.05, 0) is 67.5 Å². The van der Waals surface area contributed by atoms with E-state index in [1.54, 1.807) is 20.4 Å². The summed E-state index contributed by atoms with van der Waals surface area (Å²) in [4.78, 5) is 16.6. The number of carbonyl (C=O) groups is 1. The monoisotopic (exact) mass is 384 g/mol. The third kappa shape index (κ3) is 5.62. The van der Waals surface area contributed by atoms with Gasteiger partial charge in [-0.15, -0.1) is 0 Å². The quantitative estimate of drug-likeness (QED) is 0.714. The van der Waals surface area contributed by atoms with Crippen molar-refractivity contribution in [2.45, 2.75) is 51.2 Å². The molecule has 0 radical (unpaired) electrons. The second-order valence-electron chi connectivity index (χ2n) is 6.98. The Balaban J connectivity index is 1.49. The lowest BCUT2D eigenvalue weighted by Crippen LogP contribution is -2.23. The van der Waals surface area contributed by atoms with Crippen molar-refractivity contribution >= 4 is 5.91 Å². The molecule has 1 amide bonds. The van der Waals surface area contributed by atoms with Crippen LogP contribution in [0.15, 0.2) is 36.5 Å². The van der Waals surface area contributed by atoms with E-state index in [1.807, 2.05) is 30.3 Å². The summed E-state index contributed by atoms with van der Waals surface area (Å²) in [6.07, 6.45) is 7.59. The third-order valence-corrected chi connectivity index (χ3v) is 4.99. The lowest BCUT2D eigenvalue weighted by Gasteiger charge is -2.13. The maximum absolute atomic E-state index is 12.3. The molecule has 1 fully saturated rings. The van der Waals surface area contributed by atoms with Crippen molar-refractivity contribution in [3.63, 3.8) is 0 Å². The molecule has 0 bridgehead atoms. The number of ether oxygens (including phenoxy) is 3. The highest BCUT2D eigenvalue weighted by Gasteiger charge is 2.17. The number of nitrogens with one attached hydrogen (secondary N) is 1. The van der Waals surface area contributed by atoms with Gasteiger partial charge in [0.2, 0.25) is 11.8 Å². The van der Waals surface area contributed by atoms with Crippen LogP contribution in [0.2, 0.25) is 0 Å². The fourth-order valence-corrected chi connectivity index (χ4v) is 3.42. The number of nitrogens with zero attached hydrogens (tertiary/aromatic N) is 1. The summed E-state index contributed by atoms with van der Waals surface area (Å²) >= 11 is 0. The molecule has 6 nitrogen and oxygen atoms in total. The minimum atomic E-state index is -0.0139. The minimum absolute atomic E-state index is 0.0139. The summed E-state index contributed by atoms with van der Waals surface area (Å²) in [6, 6.07) is 9.41. The SMILES string of the molecule is COc1ccc(OC)c(CCC(=O)NCc2ccnc(OC3CCCC3)c2)c1. The molecular weight excluding hydrogens is 356 g/mol. The summed E-state index contributed by atoms with van der Waals surface area (Å²) in [5.74, 6) is 2.14. The predicted molar refractivity (Wildman–Crippen MR) is 107 cm³/mol. The highest BCUT2D eigenvalue weighted by Crippen LogP contribution is 2.25. The molecule has 6 heteroatoms. The molecule has 1 aliphatic carbocycles. The Morgan fingerprint density at radius 3 is 2.71 bits per heavy atom. The van der Waals surface area contributed by atoms with Gasteiger partial charge < -0.3 is 19.5 Å². The predicted octanol–water partition coefficient (Wildman–Crippen LogP) is 3.67. The number of aromatic nitrogens is 1. The molecule has 28 heavy (non-hydrogen) atoms. The van der Waals surface area contributed by atoms with E-state index in [1.165, 1.54) is 12.8 Å². The van der Waals surface area contributed by atoms with Gasteiger partial charge >= 0.3 is 0 Å². The number of hydrogen-bond donors (Lipinski definition) is 1. The number of benzene rings is 1. The fourth-order valence-electron chi connectivity index (χ4n) is 3.42. The van der Waals surface area contributed by atoms with E-state index in [2.05, 4.69) is 10.3 Å². The van der Waals surface area contributed by atoms with Crippen LogP contribution >= 0.6 is 0 Å². The van der Waals surface area contributed by atoms with Crippen LogP contribution in [0.3, 0.4) is 0 Å². The molecule has 0 unspecified atom stereocenters. The van der Waals surface area contributed by atoms with Crippen LogP contribution in [0.4, 0.5) is 0 Å². The van der Waals surface area contributed by atoms with Crippen molar-refractivity contribution in [1.82, 2.24) is 10.3 Å². The zero-order chi connectivity index (χ0) is 19.8. The van der Waals surface area contributed by atoms with Crippen molar-refractivity contribution in [2.75, 3.05) is 14.2 Å². The van der Waals surface area contributed by atoms with Crippen LogP contribution in [-0.4, -0.2) is 31.2 Å². The molecule has 1 aliphatic rings. The number of aryl methyl sites for hydroxylation is 1. The molecule has 0 aliphatic heterocycles. The van der Waals surface area contributed by atoms with E-state index in [4.69, 9.17) is 14.2 Å². The molecule has 2 aromatic rings. The van der Waals surface area contributed by atoms with Crippen LogP contribution in [0, 0.1) is 0 Å². The number of amides is 1. The molecular formula is C22H28N2O4. The molecule has 1 heterocycles. The van der Waals surface area contributed by atoms with Crippen molar-refractivity contribution in [2.24, 2.45) is 0 Å². The smallest absolute Gasteiger partial charge is 0.220 e. The Labute approximate surface area is 166 Å². The van der Waals surface area contributed by atoms with Gasteiger partial charge in [0.25, 0.3) is 0 Å². The number of pyridine rings is 1. The highest BCUT2D eigenvalue weighted by molar-refractivity contribution is 5.76. The summed E-state index contributed by atoms with van der Waals surface area (Å²) in [5, 5.41) is 2.96. The Bertz CT molecular complexity index is 788. The first-order valence-electron chi connectivity index (χ1n) is 9.77. The lowest BCUT2D eigenvalue weighted by molar-refractivity contribution is -0.121. The fraction of sp³-hybridized carbons (Fsp3) is 0.455. The van der Waals surface area contributed by atoms with Crippen LogP contribution < -0.4 is 19.5 Å². The van der Waals surface area contributed by atoms with E-state index in [0.29, 0.717) is 25.3 Å². The molecule has 0 spiro atoms. The zero-order valence-corrected chi connectivity index (χ0v) is 16.6. The van der Waals surface area contributed by atoms with Crippen molar-refractivity contribution in [3.8, 4) is 17.4 Å². The van der Waals surface area contributed by atoms with Crippen LogP contribution in [0.5, 0.6) is 17.4 Å². The summed E-state index contributed by atoms with van der Waals surface area (Å²) in [7, 11) is 3.25. The average molecular weight is 384 g/mol. The van der Waals surface area contributed by atoms with Gasteiger partial charge in [-0.1, -0.05) is 0 Å². The summed E-state index contributed by atoms with van der Waals surface area (Å²) < 4.78 is 16.5. The van der Waals surface area contributed by atoms with Gasteiger partial charge in [0.1, 0.15) is 17.6 Å². The first kappa shape index (κ1) is 20.0. The molecule has 3 rings (SSSR count). The third-order valence-electron chi connectivity index (χ3n) is 4.99. The zero-order valence-electron chi connectivity index (χ0n) is 16.6. The van der Waals surface area contributed by atoms with E-state index in [-0.39, 0.29) is 12.0 Å². The number of hydrogen-bond acceptors (Lipinski definition) is 5. The number of carbonyl (C=O) groups excluding carboxylic acids is 1. The molecule has 1 aromatic carbocycles. The summed E-state index contributed by atoms with van der Waals surface area (Å²) in [5.41, 5.74) is 1.93. The van der Waals surface area contributed by atoms with Crippen molar-refractivity contribution < 1.29 is 19.0 Å². The average Bonchev–Trinajstić information content (AvgIpc) is 3.23. The Kier molecular flexibility index (Phi) is 7.12. The minimum Gasteiger partial charge on any atom is -0.497 e. The van der Waals surface area contributed by atoms with Gasteiger partial charge in [-0.2, -0.15) is 0 Å². The van der Waals surface area contributed by atoms with E-state index in [0.717, 1.165) is 35.5 Å². The Morgan fingerprint density at radius 2 is 1.96 bits per heavy atom. The van der Waals surface area contributed by atoms with Crippen LogP contribution in [0.25, 0.3) is 0 Å². The topological polar surface area (TPSA) is 69.7 Å². The molecule has 150 valence electrons. The van der Waals surface area contributed by atoms with E-state index in [9.17, 15) is 4.79 Å². The molecule has 1 aromatic heterocycles. The van der Waals surface area contributed by atoms with Gasteiger partial charge in [-0.3, -0.25) is 4.79 Å². The lowest BCUT2D eigenvalue weighted by atomic mass is 10.1. The second-order valence-corrected chi connectivity index (χ2v) is 6.98. The van der Waals surface area contributed by atoms with Crippen molar-refractivity contribution in [3.05, 3.63) is 47.7 Å². The molecule has 1 saturated carbocycles. The second kappa shape index (κ2) is 9.97. The standard InChI is InChI=1S/C22H28N2O4/c1-26-19-8-9-20(27-2)17(14-19)7-10-21(25)24-15-16-11-12-23-22(13-16)28-18-5-3-4-6-18/h8-9,11-14,18H,3-7,10,15H2,1-2H3,(H,24,25). The molecule has 1 N–H and O–H groups in total. The largest absolute Gasteiger partial charge is 0.497 e. The van der Waals surface area contributed by atoms with Crippen LogP contribution in [0.1, 0.15) is 43.2 Å². The first-order chi connectivity index (χ1) is 13.7. The normalized spacial score (nSPS) is 13.9. The first-order valence-corrected chi connectivity index (χ1v) is 9.77. The maximum Gasteiger partial charge on any atom is 0.220 e. The van der Waals surface area contributed by atoms with Crippen LogP contribution in [-0.2, 0) is 17.8 Å². The molecule has 0 saturated heterocycles. The Hall–Kier alpha value is -2.76. The number of methoxy groups -OCH3 is 2. The van der Waals surface area contributed by atoms with Gasteiger partial charge in [0.05, 0.1) is 14.2 Å². The van der Waals surface area contributed by atoms with Crippen molar-refractivity contribution in [1.29, 1.82) is 0 Å². The highest BCUT2D eigenvalue weighted by atomic mass is 16.5. The van der Waals surface area contributed by atoms with Gasteiger partial charge in [0, 0.05) is 25.2 Å². The van der Waals surface area contributed by atoms with E-state index >= 15 is 0 Å². The van der Waals surface area contributed by atoms with E-state index < -0.39 is 0 Å². The van der Waals surface area contributed by atoms with Gasteiger partial charge in [-0.25, -0.2) is 4.98 Å². The number of rotatable bonds is 9.